The van der Waals surface area contributed by atoms with Gasteiger partial charge in [-0.15, -0.1) is 0 Å². The van der Waals surface area contributed by atoms with Crippen LogP contribution in [0.2, 0.25) is 0 Å². The van der Waals surface area contributed by atoms with Crippen LogP contribution in [-0.4, -0.2) is 23.9 Å². The molecule has 30 valence electrons. The average molecular weight is 187 g/mol. The van der Waals surface area contributed by atoms with Crippen molar-refractivity contribution in [3.8, 4) is 0 Å². The van der Waals surface area contributed by atoms with Crippen molar-refractivity contribution in [1.82, 2.24) is 0 Å². The minimum atomic E-state index is 0. The van der Waals surface area contributed by atoms with Gasteiger partial charge in [0.1, 0.15) is 0 Å². The number of hydrogen-bond donors (Lipinski definition) is 0. The minimum Gasteiger partial charge on any atom is -0.473 e. The van der Waals surface area contributed by atoms with Crippen LogP contribution in [0.25, 0.3) is 0 Å². The molecule has 0 aliphatic heterocycles. The molecule has 0 saturated carbocycles. The van der Waals surface area contributed by atoms with E-state index in [0.29, 0.717) is 0 Å². The van der Waals surface area contributed by atoms with Crippen LogP contribution in [0.3, 0.4) is 0 Å². The van der Waals surface area contributed by atoms with E-state index in [1.54, 1.807) is 12.5 Å². The first kappa shape index (κ1) is 6.08. The second kappa shape index (κ2) is 3.28. The van der Waals surface area contributed by atoms with Gasteiger partial charge < -0.3 is 4.42 Å². The fraction of sp³-hybridized carbons (Fsp3) is 0. The summed E-state index contributed by atoms with van der Waals surface area (Å²) in [7, 11) is 0. The first-order chi connectivity index (χ1) is 2.50. The zero-order valence-electron chi connectivity index (χ0n) is 3.22. The fourth-order valence-electron chi connectivity index (χ4n) is 0.227. The SMILES string of the molecule is [Sn].c1ccoc1. The van der Waals surface area contributed by atoms with Crippen LogP contribution in [0.4, 0.5) is 0 Å². The van der Waals surface area contributed by atoms with Crippen molar-refractivity contribution in [1.29, 1.82) is 0 Å². The maximum absolute atomic E-state index is 4.58. The Morgan fingerprint density at radius 3 is 1.67 bits per heavy atom. The average Bonchev–Trinajstić information content (AvgIpc) is 1.76. The van der Waals surface area contributed by atoms with Crippen LogP contribution >= 0.6 is 0 Å². The summed E-state index contributed by atoms with van der Waals surface area (Å²) in [5.74, 6) is 0. The van der Waals surface area contributed by atoms with E-state index in [1.165, 1.54) is 0 Å². The Morgan fingerprint density at radius 2 is 1.50 bits per heavy atom. The third kappa shape index (κ3) is 1.50. The van der Waals surface area contributed by atoms with Crippen molar-refractivity contribution in [2.45, 2.75) is 0 Å². The van der Waals surface area contributed by atoms with Gasteiger partial charge in [-0.3, -0.25) is 0 Å². The maximum atomic E-state index is 4.58. The van der Waals surface area contributed by atoms with Gasteiger partial charge in [0.2, 0.25) is 0 Å². The number of furan rings is 1. The van der Waals surface area contributed by atoms with E-state index in [2.05, 4.69) is 4.42 Å². The van der Waals surface area contributed by atoms with Gasteiger partial charge in [0.05, 0.1) is 12.5 Å². The number of rotatable bonds is 0. The quantitative estimate of drug-likeness (QED) is 0.549. The van der Waals surface area contributed by atoms with Crippen molar-refractivity contribution in [3.63, 3.8) is 0 Å². The summed E-state index contributed by atoms with van der Waals surface area (Å²) in [5, 5.41) is 0. The smallest absolute Gasteiger partial charge is 0.0902 e. The molecule has 0 aromatic carbocycles. The van der Waals surface area contributed by atoms with Crippen LogP contribution in [0.1, 0.15) is 0 Å². The van der Waals surface area contributed by atoms with Gasteiger partial charge in [-0.2, -0.15) is 0 Å². The molecule has 0 saturated heterocycles. The Labute approximate surface area is 53.3 Å². The van der Waals surface area contributed by atoms with E-state index in [-0.39, 0.29) is 23.9 Å². The molecular weight excluding hydrogens is 183 g/mol. The molecule has 0 atom stereocenters. The van der Waals surface area contributed by atoms with Gasteiger partial charge in [0.25, 0.3) is 0 Å². The van der Waals surface area contributed by atoms with Gasteiger partial charge in [0, 0.05) is 23.9 Å². The van der Waals surface area contributed by atoms with Gasteiger partial charge >= 0.3 is 0 Å². The first-order valence-corrected chi connectivity index (χ1v) is 1.47. The molecule has 4 radical (unpaired) electrons. The third-order valence-electron chi connectivity index (χ3n) is 0.425. The summed E-state index contributed by atoms with van der Waals surface area (Å²) < 4.78 is 4.58. The molecule has 0 N–H and O–H groups in total. The summed E-state index contributed by atoms with van der Waals surface area (Å²) in [6, 6.07) is 3.67. The molecule has 6 heavy (non-hydrogen) atoms. The van der Waals surface area contributed by atoms with E-state index in [1.807, 2.05) is 12.1 Å². The standard InChI is InChI=1S/C4H4O.Sn/c1-2-4-5-3-1;/h1-4H;. The Morgan fingerprint density at radius 1 is 1.00 bits per heavy atom. The van der Waals surface area contributed by atoms with Crippen molar-refractivity contribution in [3.05, 3.63) is 24.7 Å². The van der Waals surface area contributed by atoms with Crippen molar-refractivity contribution in [2.75, 3.05) is 0 Å². The van der Waals surface area contributed by atoms with Crippen molar-refractivity contribution < 1.29 is 4.42 Å². The molecule has 1 rings (SSSR count). The normalized spacial score (nSPS) is 6.67. The van der Waals surface area contributed by atoms with Crippen LogP contribution in [-0.2, 0) is 0 Å². The van der Waals surface area contributed by atoms with Gasteiger partial charge in [-0.1, -0.05) is 0 Å². The second-order valence-corrected chi connectivity index (χ2v) is 0.793. The molecule has 1 aromatic heterocycles. The predicted molar refractivity (Wildman–Crippen MR) is 24.5 cm³/mol. The zero-order chi connectivity index (χ0) is 3.54. The molecule has 0 aliphatic rings. The summed E-state index contributed by atoms with van der Waals surface area (Å²) in [5.41, 5.74) is 0. The summed E-state index contributed by atoms with van der Waals surface area (Å²) in [4.78, 5) is 0. The molecule has 0 aliphatic carbocycles. The van der Waals surface area contributed by atoms with Crippen molar-refractivity contribution in [2.24, 2.45) is 0 Å². The Balaban J connectivity index is 0.000000250. The van der Waals surface area contributed by atoms with E-state index in [9.17, 15) is 0 Å². The fourth-order valence-corrected chi connectivity index (χ4v) is 0.227. The topological polar surface area (TPSA) is 13.1 Å². The van der Waals surface area contributed by atoms with E-state index < -0.39 is 0 Å². The molecule has 1 nitrogen and oxygen atoms in total. The maximum Gasteiger partial charge on any atom is 0.0902 e. The second-order valence-electron chi connectivity index (χ2n) is 0.793. The van der Waals surface area contributed by atoms with Crippen LogP contribution < -0.4 is 0 Å². The predicted octanol–water partition coefficient (Wildman–Crippen LogP) is 0.899. The zero-order valence-corrected chi connectivity index (χ0v) is 6.07. The molecular formula is C4H4OSn. The molecule has 0 unspecified atom stereocenters. The van der Waals surface area contributed by atoms with E-state index in [0.717, 1.165) is 0 Å². The molecule has 1 aromatic rings. The monoisotopic (exact) mass is 188 g/mol. The van der Waals surface area contributed by atoms with E-state index >= 15 is 0 Å². The first-order valence-electron chi connectivity index (χ1n) is 1.47. The van der Waals surface area contributed by atoms with Crippen LogP contribution in [0.15, 0.2) is 29.1 Å². The van der Waals surface area contributed by atoms with Gasteiger partial charge in [-0.05, 0) is 12.1 Å². The number of hydrogen-bond acceptors (Lipinski definition) is 1. The van der Waals surface area contributed by atoms with Crippen LogP contribution in [0.5, 0.6) is 0 Å². The molecule has 0 fully saturated rings. The van der Waals surface area contributed by atoms with Gasteiger partial charge in [0.15, 0.2) is 0 Å². The Bertz CT molecular complexity index is 64.0. The summed E-state index contributed by atoms with van der Waals surface area (Å²) in [6.45, 7) is 0. The summed E-state index contributed by atoms with van der Waals surface area (Å²) in [6.07, 6.45) is 3.25. The van der Waals surface area contributed by atoms with Crippen LogP contribution in [0, 0.1) is 0 Å². The van der Waals surface area contributed by atoms with Crippen molar-refractivity contribution >= 4 is 23.9 Å². The molecule has 0 spiro atoms. The molecule has 2 heteroatoms. The molecule has 0 bridgehead atoms. The summed E-state index contributed by atoms with van der Waals surface area (Å²) >= 11 is 0. The van der Waals surface area contributed by atoms with E-state index in [4.69, 9.17) is 0 Å². The minimum absolute atomic E-state index is 0. The Hall–Kier alpha value is 0.0787. The third-order valence-corrected chi connectivity index (χ3v) is 0.425. The van der Waals surface area contributed by atoms with Gasteiger partial charge in [-0.25, -0.2) is 0 Å². The molecule has 0 amide bonds. The Kier molecular flexibility index (Phi) is 3.32. The molecule has 1 heterocycles. The largest absolute Gasteiger partial charge is 0.473 e.